The van der Waals surface area contributed by atoms with Gasteiger partial charge in [-0.2, -0.15) is 0 Å². The fourth-order valence-corrected chi connectivity index (χ4v) is 2.06. The first-order chi connectivity index (χ1) is 9.15. The molecule has 3 N–H and O–H groups in total. The Hall–Kier alpha value is -1.75. The van der Waals surface area contributed by atoms with Crippen molar-refractivity contribution in [2.75, 3.05) is 27.3 Å². The van der Waals surface area contributed by atoms with E-state index in [-0.39, 0.29) is 11.3 Å². The number of hydrogen-bond donors (Lipinski definition) is 2. The highest BCUT2D eigenvalue weighted by atomic mass is 16.5. The molecule has 0 heterocycles. The van der Waals surface area contributed by atoms with Gasteiger partial charge in [-0.05, 0) is 31.5 Å². The van der Waals surface area contributed by atoms with Crippen molar-refractivity contribution < 1.29 is 14.3 Å². The summed E-state index contributed by atoms with van der Waals surface area (Å²) in [7, 11) is 3.07. The molecule has 104 valence electrons. The van der Waals surface area contributed by atoms with Gasteiger partial charge < -0.3 is 20.5 Å². The van der Waals surface area contributed by atoms with Crippen LogP contribution in [0, 0.1) is 5.41 Å². The van der Waals surface area contributed by atoms with E-state index in [1.54, 1.807) is 18.2 Å². The van der Waals surface area contributed by atoms with Crippen LogP contribution >= 0.6 is 0 Å². The van der Waals surface area contributed by atoms with Gasteiger partial charge in [0.15, 0.2) is 0 Å². The van der Waals surface area contributed by atoms with Crippen LogP contribution in [0.4, 0.5) is 0 Å². The number of carbonyl (C=O) groups is 1. The molecule has 0 bridgehead atoms. The van der Waals surface area contributed by atoms with Crippen LogP contribution in [0.15, 0.2) is 18.2 Å². The molecule has 1 aromatic carbocycles. The first-order valence-electron chi connectivity index (χ1n) is 6.35. The largest absolute Gasteiger partial charge is 0.496 e. The number of nitrogens with two attached hydrogens (primary N) is 1. The fourth-order valence-electron chi connectivity index (χ4n) is 2.06. The predicted octanol–water partition coefficient (Wildman–Crippen LogP) is 1.17. The van der Waals surface area contributed by atoms with Crippen molar-refractivity contribution in [3.05, 3.63) is 23.8 Å². The molecule has 0 atom stereocenters. The zero-order valence-electron chi connectivity index (χ0n) is 11.4. The van der Waals surface area contributed by atoms with Crippen molar-refractivity contribution in [3.63, 3.8) is 0 Å². The average Bonchev–Trinajstić information content (AvgIpc) is 3.24. The topological polar surface area (TPSA) is 73.6 Å². The molecule has 0 unspecified atom stereocenters. The average molecular weight is 264 g/mol. The smallest absolute Gasteiger partial charge is 0.258 e. The number of carbonyl (C=O) groups excluding carboxylic acids is 1. The maximum absolute atomic E-state index is 12.3. The van der Waals surface area contributed by atoms with Crippen LogP contribution in [0.25, 0.3) is 0 Å². The fraction of sp³-hybridized carbons (Fsp3) is 0.500. The van der Waals surface area contributed by atoms with Crippen molar-refractivity contribution in [1.29, 1.82) is 0 Å². The summed E-state index contributed by atoms with van der Waals surface area (Å²) in [4.78, 5) is 12.3. The molecule has 2 rings (SSSR count). The standard InChI is InChI=1S/C14H20N2O3/c1-18-10-4-3-5-11(19-2)12(10)13(17)16-9-14(8-15)6-7-14/h3-5H,6-9,15H2,1-2H3,(H,16,17). The summed E-state index contributed by atoms with van der Waals surface area (Å²) in [5, 5.41) is 2.92. The summed E-state index contributed by atoms with van der Waals surface area (Å²) in [5.74, 6) is 0.831. The molecule has 0 saturated heterocycles. The summed E-state index contributed by atoms with van der Waals surface area (Å²) < 4.78 is 10.4. The van der Waals surface area contributed by atoms with Gasteiger partial charge in [-0.15, -0.1) is 0 Å². The van der Waals surface area contributed by atoms with Crippen LogP contribution < -0.4 is 20.5 Å². The minimum Gasteiger partial charge on any atom is -0.496 e. The second kappa shape index (κ2) is 5.48. The summed E-state index contributed by atoms with van der Waals surface area (Å²) in [6.07, 6.45) is 2.15. The molecule has 5 nitrogen and oxygen atoms in total. The van der Waals surface area contributed by atoms with Gasteiger partial charge in [0.1, 0.15) is 17.1 Å². The number of hydrogen-bond acceptors (Lipinski definition) is 4. The number of methoxy groups -OCH3 is 2. The number of ether oxygens (including phenoxy) is 2. The first kappa shape index (κ1) is 13.7. The third-order valence-electron chi connectivity index (χ3n) is 3.67. The maximum atomic E-state index is 12.3. The molecule has 1 aliphatic rings. The van der Waals surface area contributed by atoms with Crippen molar-refractivity contribution in [2.45, 2.75) is 12.8 Å². The molecule has 1 fully saturated rings. The molecule has 1 aromatic rings. The van der Waals surface area contributed by atoms with E-state index in [2.05, 4.69) is 5.32 Å². The summed E-state index contributed by atoms with van der Waals surface area (Å²) in [5.41, 5.74) is 6.24. The van der Waals surface area contributed by atoms with E-state index in [0.29, 0.717) is 30.2 Å². The molecule has 1 saturated carbocycles. The zero-order valence-corrected chi connectivity index (χ0v) is 11.4. The lowest BCUT2D eigenvalue weighted by Crippen LogP contribution is -2.34. The lowest BCUT2D eigenvalue weighted by Gasteiger charge is -2.16. The van der Waals surface area contributed by atoms with Gasteiger partial charge in [0, 0.05) is 12.0 Å². The van der Waals surface area contributed by atoms with Crippen LogP contribution in [0.3, 0.4) is 0 Å². The van der Waals surface area contributed by atoms with E-state index in [0.717, 1.165) is 12.8 Å². The lowest BCUT2D eigenvalue weighted by atomic mass is 10.1. The van der Waals surface area contributed by atoms with Crippen molar-refractivity contribution in [2.24, 2.45) is 11.1 Å². The Morgan fingerprint density at radius 1 is 1.32 bits per heavy atom. The highest BCUT2D eigenvalue weighted by molar-refractivity contribution is 5.99. The van der Waals surface area contributed by atoms with E-state index >= 15 is 0 Å². The lowest BCUT2D eigenvalue weighted by molar-refractivity contribution is 0.0939. The second-order valence-corrected chi connectivity index (χ2v) is 4.92. The molecule has 0 aromatic heterocycles. The van der Waals surface area contributed by atoms with Gasteiger partial charge in [-0.25, -0.2) is 0 Å². The second-order valence-electron chi connectivity index (χ2n) is 4.92. The monoisotopic (exact) mass is 264 g/mol. The molecule has 0 radical (unpaired) electrons. The van der Waals surface area contributed by atoms with Gasteiger partial charge in [-0.1, -0.05) is 6.07 Å². The van der Waals surface area contributed by atoms with Crippen molar-refractivity contribution in [3.8, 4) is 11.5 Å². The molecular weight excluding hydrogens is 244 g/mol. The number of rotatable bonds is 6. The molecule has 0 spiro atoms. The summed E-state index contributed by atoms with van der Waals surface area (Å²) in [6.45, 7) is 1.21. The minimum absolute atomic E-state index is 0.102. The predicted molar refractivity (Wildman–Crippen MR) is 72.6 cm³/mol. The number of benzene rings is 1. The first-order valence-corrected chi connectivity index (χ1v) is 6.35. The molecule has 19 heavy (non-hydrogen) atoms. The van der Waals surface area contributed by atoms with Crippen LogP contribution in [0.1, 0.15) is 23.2 Å². The van der Waals surface area contributed by atoms with Crippen LogP contribution in [-0.2, 0) is 0 Å². The molecule has 1 aliphatic carbocycles. The number of nitrogens with one attached hydrogen (secondary N) is 1. The Kier molecular flexibility index (Phi) is 3.95. The Labute approximate surface area is 113 Å². The highest BCUT2D eigenvalue weighted by Gasteiger charge is 2.41. The summed E-state index contributed by atoms with van der Waals surface area (Å²) >= 11 is 0. The Morgan fingerprint density at radius 3 is 2.32 bits per heavy atom. The third-order valence-corrected chi connectivity index (χ3v) is 3.67. The normalized spacial score (nSPS) is 15.7. The Morgan fingerprint density at radius 2 is 1.89 bits per heavy atom. The highest BCUT2D eigenvalue weighted by Crippen LogP contribution is 2.43. The molecular formula is C14H20N2O3. The summed E-state index contributed by atoms with van der Waals surface area (Å²) in [6, 6.07) is 5.28. The van der Waals surface area contributed by atoms with E-state index in [9.17, 15) is 4.79 Å². The van der Waals surface area contributed by atoms with Crippen LogP contribution in [0.2, 0.25) is 0 Å². The third kappa shape index (κ3) is 2.81. The van der Waals surface area contributed by atoms with Gasteiger partial charge in [0.05, 0.1) is 14.2 Å². The Balaban J connectivity index is 2.13. The minimum atomic E-state index is -0.186. The number of amides is 1. The van der Waals surface area contributed by atoms with Crippen LogP contribution in [0.5, 0.6) is 11.5 Å². The van der Waals surface area contributed by atoms with E-state index in [1.807, 2.05) is 0 Å². The SMILES string of the molecule is COc1cccc(OC)c1C(=O)NCC1(CN)CC1. The van der Waals surface area contributed by atoms with E-state index in [1.165, 1.54) is 14.2 Å². The van der Waals surface area contributed by atoms with E-state index in [4.69, 9.17) is 15.2 Å². The maximum Gasteiger partial charge on any atom is 0.258 e. The van der Waals surface area contributed by atoms with Crippen molar-refractivity contribution >= 4 is 5.91 Å². The van der Waals surface area contributed by atoms with Gasteiger partial charge >= 0.3 is 0 Å². The zero-order chi connectivity index (χ0) is 13.9. The van der Waals surface area contributed by atoms with Crippen molar-refractivity contribution in [1.82, 2.24) is 5.32 Å². The molecule has 1 amide bonds. The quantitative estimate of drug-likeness (QED) is 0.809. The molecule has 0 aliphatic heterocycles. The van der Waals surface area contributed by atoms with Gasteiger partial charge in [-0.3, -0.25) is 4.79 Å². The van der Waals surface area contributed by atoms with Crippen LogP contribution in [-0.4, -0.2) is 33.2 Å². The molecule has 5 heteroatoms. The van der Waals surface area contributed by atoms with Gasteiger partial charge in [0.25, 0.3) is 5.91 Å². The van der Waals surface area contributed by atoms with E-state index < -0.39 is 0 Å². The Bertz CT molecular complexity index is 448. The van der Waals surface area contributed by atoms with Gasteiger partial charge in [0.2, 0.25) is 0 Å².